The maximum absolute atomic E-state index is 5.32. The molecule has 0 amide bonds. The Morgan fingerprint density at radius 1 is 1.10 bits per heavy atom. The zero-order chi connectivity index (χ0) is 15.2. The number of ether oxygens (including phenoxy) is 1. The van der Waals surface area contributed by atoms with Crippen molar-refractivity contribution in [3.63, 3.8) is 0 Å². The van der Waals surface area contributed by atoms with Crippen LogP contribution in [0.3, 0.4) is 0 Å². The summed E-state index contributed by atoms with van der Waals surface area (Å²) in [5.41, 5.74) is 2.63. The van der Waals surface area contributed by atoms with Crippen LogP contribution in [0, 0.1) is 0 Å². The van der Waals surface area contributed by atoms with E-state index in [4.69, 9.17) is 4.74 Å². The van der Waals surface area contributed by atoms with Crippen LogP contribution in [0.5, 0.6) is 5.75 Å². The molecule has 0 fully saturated rings. The van der Waals surface area contributed by atoms with E-state index in [0.29, 0.717) is 5.92 Å². The molecule has 2 unspecified atom stereocenters. The summed E-state index contributed by atoms with van der Waals surface area (Å²) in [5, 5.41) is 3.47. The lowest BCUT2D eigenvalue weighted by Gasteiger charge is -2.27. The van der Waals surface area contributed by atoms with Crippen LogP contribution in [0.1, 0.15) is 36.4 Å². The summed E-state index contributed by atoms with van der Waals surface area (Å²) in [5.74, 6) is 1.30. The Balaban J connectivity index is 2.35. The fraction of sp³-hybridized carbons (Fsp3) is 0.333. The first-order valence-corrected chi connectivity index (χ1v) is 8.06. The Labute approximate surface area is 135 Å². The molecule has 2 aromatic rings. The van der Waals surface area contributed by atoms with Crippen molar-refractivity contribution in [2.24, 2.45) is 0 Å². The minimum atomic E-state index is 0.277. The Bertz CT molecular complexity index is 571. The molecule has 0 aliphatic rings. The molecule has 0 aliphatic carbocycles. The van der Waals surface area contributed by atoms with E-state index in [2.05, 4.69) is 70.6 Å². The van der Waals surface area contributed by atoms with Gasteiger partial charge >= 0.3 is 0 Å². The van der Waals surface area contributed by atoms with Gasteiger partial charge in [0, 0.05) is 12.0 Å². The number of hydrogen-bond donors (Lipinski definition) is 1. The first-order valence-electron chi connectivity index (χ1n) is 7.26. The summed E-state index contributed by atoms with van der Waals surface area (Å²) in [4.78, 5) is 0. The third-order valence-corrected chi connectivity index (χ3v) is 4.54. The predicted octanol–water partition coefficient (Wildman–Crippen LogP) is 4.91. The van der Waals surface area contributed by atoms with E-state index in [1.165, 1.54) is 11.1 Å². The van der Waals surface area contributed by atoms with E-state index in [0.717, 1.165) is 16.6 Å². The van der Waals surface area contributed by atoms with Crippen molar-refractivity contribution in [1.29, 1.82) is 0 Å². The van der Waals surface area contributed by atoms with Gasteiger partial charge in [0.2, 0.25) is 0 Å². The highest BCUT2D eigenvalue weighted by molar-refractivity contribution is 9.10. The van der Waals surface area contributed by atoms with Crippen LogP contribution in [0.15, 0.2) is 53.0 Å². The summed E-state index contributed by atoms with van der Waals surface area (Å²) >= 11 is 3.58. The van der Waals surface area contributed by atoms with Gasteiger partial charge in [0.05, 0.1) is 11.6 Å². The van der Waals surface area contributed by atoms with Crippen molar-refractivity contribution in [2.75, 3.05) is 14.2 Å². The molecule has 0 radical (unpaired) electrons. The topological polar surface area (TPSA) is 21.3 Å². The Morgan fingerprint density at radius 3 is 2.33 bits per heavy atom. The molecule has 21 heavy (non-hydrogen) atoms. The van der Waals surface area contributed by atoms with E-state index in [-0.39, 0.29) is 6.04 Å². The molecule has 0 spiro atoms. The van der Waals surface area contributed by atoms with E-state index < -0.39 is 0 Å². The first-order chi connectivity index (χ1) is 10.2. The monoisotopic (exact) mass is 347 g/mol. The largest absolute Gasteiger partial charge is 0.496 e. The molecule has 0 saturated heterocycles. The lowest BCUT2D eigenvalue weighted by atomic mass is 9.85. The molecule has 112 valence electrons. The van der Waals surface area contributed by atoms with Gasteiger partial charge in [-0.3, -0.25) is 0 Å². The summed E-state index contributed by atoms with van der Waals surface area (Å²) in [6.07, 6.45) is 1.08. The van der Waals surface area contributed by atoms with Crippen molar-refractivity contribution in [1.82, 2.24) is 5.32 Å². The van der Waals surface area contributed by atoms with Gasteiger partial charge in [-0.1, -0.05) is 43.3 Å². The molecule has 2 rings (SSSR count). The van der Waals surface area contributed by atoms with E-state index in [1.54, 1.807) is 7.11 Å². The number of methoxy groups -OCH3 is 1. The zero-order valence-corrected chi connectivity index (χ0v) is 14.4. The number of hydrogen-bond acceptors (Lipinski definition) is 2. The smallest absolute Gasteiger partial charge is 0.133 e. The highest BCUT2D eigenvalue weighted by Gasteiger charge is 2.22. The quantitative estimate of drug-likeness (QED) is 0.801. The van der Waals surface area contributed by atoms with Gasteiger partial charge in [-0.05, 0) is 52.7 Å². The second-order valence-corrected chi connectivity index (χ2v) is 5.94. The van der Waals surface area contributed by atoms with Gasteiger partial charge in [0.15, 0.2) is 0 Å². The van der Waals surface area contributed by atoms with Crippen molar-refractivity contribution >= 4 is 15.9 Å². The molecule has 0 saturated carbocycles. The van der Waals surface area contributed by atoms with Gasteiger partial charge in [-0.15, -0.1) is 0 Å². The van der Waals surface area contributed by atoms with Crippen LogP contribution in [0.25, 0.3) is 0 Å². The third-order valence-electron chi connectivity index (χ3n) is 3.92. The highest BCUT2D eigenvalue weighted by atomic mass is 79.9. The average molecular weight is 348 g/mol. The second-order valence-electron chi connectivity index (χ2n) is 5.09. The summed E-state index contributed by atoms with van der Waals surface area (Å²) < 4.78 is 6.31. The molecule has 0 aliphatic heterocycles. The molecule has 3 heteroatoms. The molecular weight excluding hydrogens is 326 g/mol. The lowest BCUT2D eigenvalue weighted by molar-refractivity contribution is 0.411. The molecule has 0 bridgehead atoms. The van der Waals surface area contributed by atoms with Crippen LogP contribution in [-0.4, -0.2) is 14.2 Å². The van der Waals surface area contributed by atoms with Crippen LogP contribution in [0.4, 0.5) is 0 Å². The number of likely N-dealkylation sites (N-methyl/N-ethyl adjacent to an activating group) is 1. The summed E-state index contributed by atoms with van der Waals surface area (Å²) in [6.45, 7) is 2.24. The first kappa shape index (κ1) is 16.1. The fourth-order valence-electron chi connectivity index (χ4n) is 2.84. The summed E-state index contributed by atoms with van der Waals surface area (Å²) in [6, 6.07) is 17.3. The van der Waals surface area contributed by atoms with Crippen LogP contribution in [-0.2, 0) is 0 Å². The number of nitrogens with one attached hydrogen (secondary N) is 1. The fourth-order valence-corrected chi connectivity index (χ4v) is 3.40. The Kier molecular flexibility index (Phi) is 5.83. The SMILES string of the molecule is CCC(c1ccccc1)C(NC)c1ccc(OC)c(Br)c1. The van der Waals surface area contributed by atoms with E-state index in [1.807, 2.05) is 13.1 Å². The molecular formula is C18H22BrNO. The van der Waals surface area contributed by atoms with Gasteiger partial charge in [0.25, 0.3) is 0 Å². The van der Waals surface area contributed by atoms with Crippen molar-refractivity contribution in [3.05, 3.63) is 64.1 Å². The minimum absolute atomic E-state index is 0.277. The summed E-state index contributed by atoms with van der Waals surface area (Å²) in [7, 11) is 3.71. The van der Waals surface area contributed by atoms with Gasteiger partial charge < -0.3 is 10.1 Å². The van der Waals surface area contributed by atoms with E-state index in [9.17, 15) is 0 Å². The van der Waals surface area contributed by atoms with Crippen molar-refractivity contribution in [3.8, 4) is 5.75 Å². The maximum atomic E-state index is 5.32. The van der Waals surface area contributed by atoms with Gasteiger partial charge in [-0.25, -0.2) is 0 Å². The van der Waals surface area contributed by atoms with Gasteiger partial charge in [0.1, 0.15) is 5.75 Å². The van der Waals surface area contributed by atoms with Crippen LogP contribution in [0.2, 0.25) is 0 Å². The van der Waals surface area contributed by atoms with Crippen LogP contribution >= 0.6 is 15.9 Å². The molecule has 1 N–H and O–H groups in total. The third kappa shape index (κ3) is 3.66. The average Bonchev–Trinajstić information content (AvgIpc) is 2.53. The normalized spacial score (nSPS) is 13.7. The number of benzene rings is 2. The maximum Gasteiger partial charge on any atom is 0.133 e. The minimum Gasteiger partial charge on any atom is -0.496 e. The number of halogens is 1. The van der Waals surface area contributed by atoms with E-state index >= 15 is 0 Å². The van der Waals surface area contributed by atoms with Gasteiger partial charge in [-0.2, -0.15) is 0 Å². The molecule has 2 aromatic carbocycles. The molecule has 0 heterocycles. The standard InChI is InChI=1S/C18H22BrNO/c1-4-15(13-8-6-5-7-9-13)18(20-2)14-10-11-17(21-3)16(19)12-14/h5-12,15,18,20H,4H2,1-3H3. The van der Waals surface area contributed by atoms with Crippen molar-refractivity contribution < 1.29 is 4.74 Å². The Hall–Kier alpha value is -1.32. The lowest BCUT2D eigenvalue weighted by Crippen LogP contribution is -2.23. The predicted molar refractivity (Wildman–Crippen MR) is 92.0 cm³/mol. The molecule has 2 atom stereocenters. The van der Waals surface area contributed by atoms with Crippen molar-refractivity contribution in [2.45, 2.75) is 25.3 Å². The van der Waals surface area contributed by atoms with Crippen LogP contribution < -0.4 is 10.1 Å². The highest BCUT2D eigenvalue weighted by Crippen LogP contribution is 2.36. The zero-order valence-electron chi connectivity index (χ0n) is 12.8. The number of rotatable bonds is 6. The second kappa shape index (κ2) is 7.62. The molecule has 0 aromatic heterocycles. The Morgan fingerprint density at radius 2 is 1.81 bits per heavy atom. The molecule has 2 nitrogen and oxygen atoms in total.